The number of benzene rings is 1. The van der Waals surface area contributed by atoms with Crippen molar-refractivity contribution in [3.8, 4) is 11.3 Å². The Labute approximate surface area is 106 Å². The number of halogens is 1. The van der Waals surface area contributed by atoms with Crippen LogP contribution in [0.5, 0.6) is 0 Å². The maximum atomic E-state index is 5.78. The topological polar surface area (TPSA) is 57.0 Å². The third-order valence-electron chi connectivity index (χ3n) is 2.75. The number of hydrogen-bond donors (Lipinski definition) is 1. The van der Waals surface area contributed by atoms with Gasteiger partial charge in [0.25, 0.3) is 0 Å². The van der Waals surface area contributed by atoms with Gasteiger partial charge in [-0.15, -0.1) is 0 Å². The van der Waals surface area contributed by atoms with Gasteiger partial charge in [0.05, 0.1) is 10.2 Å². The van der Waals surface area contributed by atoms with E-state index in [9.17, 15) is 0 Å². The highest BCUT2D eigenvalue weighted by molar-refractivity contribution is 9.10. The van der Waals surface area contributed by atoms with Gasteiger partial charge in [0.1, 0.15) is 11.8 Å². The first-order valence-corrected chi connectivity index (χ1v) is 5.92. The van der Waals surface area contributed by atoms with E-state index in [1.165, 1.54) is 0 Å². The Bertz CT molecular complexity index is 699. The molecule has 5 heteroatoms. The van der Waals surface area contributed by atoms with Crippen molar-refractivity contribution in [2.45, 2.75) is 0 Å². The van der Waals surface area contributed by atoms with Gasteiger partial charge in [0, 0.05) is 18.0 Å². The van der Waals surface area contributed by atoms with Crippen molar-refractivity contribution in [2.75, 3.05) is 5.73 Å². The van der Waals surface area contributed by atoms with Gasteiger partial charge in [0.2, 0.25) is 0 Å². The van der Waals surface area contributed by atoms with Gasteiger partial charge in [0.15, 0.2) is 5.82 Å². The predicted octanol–water partition coefficient (Wildman–Crippen LogP) is 3.18. The Morgan fingerprint density at radius 1 is 1.35 bits per heavy atom. The summed E-state index contributed by atoms with van der Waals surface area (Å²) in [5.41, 5.74) is 8.55. The van der Waals surface area contributed by atoms with E-state index in [2.05, 4.69) is 21.0 Å². The van der Waals surface area contributed by atoms with Crippen molar-refractivity contribution < 1.29 is 4.42 Å². The number of aromatic nitrogens is 2. The molecule has 0 fully saturated rings. The third kappa shape index (κ3) is 1.46. The summed E-state index contributed by atoms with van der Waals surface area (Å²) < 4.78 is 8.06. The van der Waals surface area contributed by atoms with Gasteiger partial charge in [-0.1, -0.05) is 18.2 Å². The Hall–Kier alpha value is -1.75. The van der Waals surface area contributed by atoms with Crippen LogP contribution >= 0.6 is 15.9 Å². The summed E-state index contributed by atoms with van der Waals surface area (Å²) in [6.45, 7) is 0. The van der Waals surface area contributed by atoms with Crippen molar-refractivity contribution in [1.29, 1.82) is 0 Å². The number of aryl methyl sites for hydroxylation is 1. The molecule has 2 N–H and O–H groups in total. The van der Waals surface area contributed by atoms with Crippen molar-refractivity contribution in [2.24, 2.45) is 7.05 Å². The molecule has 0 spiro atoms. The number of para-hydroxylation sites is 1. The van der Waals surface area contributed by atoms with Crippen LogP contribution < -0.4 is 5.73 Å². The lowest BCUT2D eigenvalue weighted by molar-refractivity contribution is 0.616. The fourth-order valence-corrected chi connectivity index (χ4v) is 2.52. The minimum atomic E-state index is 0.479. The molecule has 4 nitrogen and oxygen atoms in total. The number of nitrogen functional groups attached to an aromatic ring is 1. The first-order valence-electron chi connectivity index (χ1n) is 5.13. The summed E-state index contributed by atoms with van der Waals surface area (Å²) in [6, 6.07) is 7.88. The number of furan rings is 1. The van der Waals surface area contributed by atoms with Crippen LogP contribution in [0.15, 0.2) is 39.4 Å². The van der Waals surface area contributed by atoms with Gasteiger partial charge in [-0.3, -0.25) is 4.68 Å². The van der Waals surface area contributed by atoms with E-state index in [0.717, 1.165) is 26.7 Å². The predicted molar refractivity (Wildman–Crippen MR) is 70.5 cm³/mol. The van der Waals surface area contributed by atoms with E-state index in [1.54, 1.807) is 10.9 Å². The van der Waals surface area contributed by atoms with Crippen LogP contribution in [-0.2, 0) is 7.05 Å². The maximum absolute atomic E-state index is 5.78. The molecule has 0 saturated heterocycles. The van der Waals surface area contributed by atoms with E-state index in [4.69, 9.17) is 10.2 Å². The maximum Gasteiger partial charge on any atom is 0.160 e. The molecule has 17 heavy (non-hydrogen) atoms. The molecule has 0 saturated carbocycles. The Morgan fingerprint density at radius 2 is 2.12 bits per heavy atom. The quantitative estimate of drug-likeness (QED) is 0.749. The lowest BCUT2D eigenvalue weighted by atomic mass is 10.1. The fraction of sp³-hybridized carbons (Fsp3) is 0.0833. The monoisotopic (exact) mass is 291 g/mol. The van der Waals surface area contributed by atoms with Gasteiger partial charge in [-0.25, -0.2) is 0 Å². The van der Waals surface area contributed by atoms with E-state index in [0.29, 0.717) is 5.82 Å². The SMILES string of the molecule is Cn1nc(N)c(Br)c1-c1coc2ccccc12. The fourth-order valence-electron chi connectivity index (χ4n) is 1.97. The first kappa shape index (κ1) is 10.4. The van der Waals surface area contributed by atoms with Crippen molar-refractivity contribution >= 4 is 32.7 Å². The van der Waals surface area contributed by atoms with Crippen LogP contribution in [0.25, 0.3) is 22.2 Å². The number of nitrogens with two attached hydrogens (primary N) is 1. The molecule has 0 unspecified atom stereocenters. The molecule has 3 rings (SSSR count). The zero-order valence-electron chi connectivity index (χ0n) is 9.14. The Kier molecular flexibility index (Phi) is 2.22. The molecule has 0 radical (unpaired) electrons. The summed E-state index contributed by atoms with van der Waals surface area (Å²) in [5.74, 6) is 0.479. The molecule has 2 heterocycles. The van der Waals surface area contributed by atoms with Crippen LogP contribution in [-0.4, -0.2) is 9.78 Å². The second-order valence-corrected chi connectivity index (χ2v) is 4.61. The normalized spacial score (nSPS) is 11.2. The highest BCUT2D eigenvalue weighted by Gasteiger charge is 2.17. The molecule has 0 aliphatic heterocycles. The summed E-state index contributed by atoms with van der Waals surface area (Å²) in [4.78, 5) is 0. The highest BCUT2D eigenvalue weighted by atomic mass is 79.9. The molecule has 0 amide bonds. The second-order valence-electron chi connectivity index (χ2n) is 3.82. The highest BCUT2D eigenvalue weighted by Crippen LogP contribution is 2.37. The molecule has 3 aromatic rings. The molecule has 86 valence electrons. The zero-order valence-corrected chi connectivity index (χ0v) is 10.7. The second kappa shape index (κ2) is 3.63. The van der Waals surface area contributed by atoms with E-state index in [1.807, 2.05) is 31.3 Å². The number of hydrogen-bond acceptors (Lipinski definition) is 3. The summed E-state index contributed by atoms with van der Waals surface area (Å²) >= 11 is 3.46. The smallest absolute Gasteiger partial charge is 0.160 e. The lowest BCUT2D eigenvalue weighted by Crippen LogP contribution is -1.94. The minimum absolute atomic E-state index is 0.479. The first-order chi connectivity index (χ1) is 8.18. The lowest BCUT2D eigenvalue weighted by Gasteiger charge is -1.99. The van der Waals surface area contributed by atoms with E-state index < -0.39 is 0 Å². The molecule has 0 bridgehead atoms. The number of rotatable bonds is 1. The number of nitrogens with zero attached hydrogens (tertiary/aromatic N) is 2. The minimum Gasteiger partial charge on any atom is -0.464 e. The van der Waals surface area contributed by atoms with Gasteiger partial charge in [-0.05, 0) is 22.0 Å². The zero-order chi connectivity index (χ0) is 12.0. The van der Waals surface area contributed by atoms with Crippen molar-refractivity contribution in [3.05, 3.63) is 35.0 Å². The van der Waals surface area contributed by atoms with E-state index in [-0.39, 0.29) is 0 Å². The van der Waals surface area contributed by atoms with Crippen LogP contribution in [0.4, 0.5) is 5.82 Å². The third-order valence-corrected chi connectivity index (χ3v) is 3.53. The van der Waals surface area contributed by atoms with Gasteiger partial charge in [-0.2, -0.15) is 5.10 Å². The standard InChI is InChI=1S/C12H10BrN3O/c1-16-11(10(13)12(14)15-16)8-6-17-9-5-3-2-4-7(8)9/h2-6H,1H3,(H2,14,15). The van der Waals surface area contributed by atoms with Gasteiger partial charge < -0.3 is 10.2 Å². The molecule has 0 atom stereocenters. The number of anilines is 1. The molecule has 0 aliphatic carbocycles. The average Bonchev–Trinajstić information content (AvgIpc) is 2.82. The van der Waals surface area contributed by atoms with E-state index >= 15 is 0 Å². The Morgan fingerprint density at radius 3 is 2.82 bits per heavy atom. The molecule has 0 aliphatic rings. The van der Waals surface area contributed by atoms with Crippen molar-refractivity contribution in [3.63, 3.8) is 0 Å². The van der Waals surface area contributed by atoms with Crippen LogP contribution in [0.1, 0.15) is 0 Å². The van der Waals surface area contributed by atoms with Gasteiger partial charge >= 0.3 is 0 Å². The molecule has 2 aromatic heterocycles. The Balaban J connectivity index is 2.35. The van der Waals surface area contributed by atoms with Crippen LogP contribution in [0.3, 0.4) is 0 Å². The average molecular weight is 292 g/mol. The molecular formula is C12H10BrN3O. The van der Waals surface area contributed by atoms with Crippen molar-refractivity contribution in [1.82, 2.24) is 9.78 Å². The van der Waals surface area contributed by atoms with Crippen LogP contribution in [0.2, 0.25) is 0 Å². The molecule has 1 aromatic carbocycles. The number of fused-ring (bicyclic) bond motifs is 1. The summed E-state index contributed by atoms with van der Waals surface area (Å²) in [7, 11) is 1.86. The largest absolute Gasteiger partial charge is 0.464 e. The molecular weight excluding hydrogens is 282 g/mol. The summed E-state index contributed by atoms with van der Waals surface area (Å²) in [5, 5.41) is 5.23. The summed E-state index contributed by atoms with van der Waals surface area (Å²) in [6.07, 6.45) is 1.73. The van der Waals surface area contributed by atoms with Crippen LogP contribution in [0, 0.1) is 0 Å².